The number of nitrogens with one attached hydrogen (secondary N) is 1. The predicted molar refractivity (Wildman–Crippen MR) is 122 cm³/mol. The summed E-state index contributed by atoms with van der Waals surface area (Å²) in [6, 6.07) is 4.93. The first-order valence-corrected chi connectivity index (χ1v) is 11.4. The number of rotatable bonds is 4. The average Bonchev–Trinajstić information content (AvgIpc) is 3.63. The topological polar surface area (TPSA) is 88.2 Å². The number of ether oxygens (including phenoxy) is 2. The molecule has 1 aromatic carbocycles. The number of nitrogens with zero attached hydrogens (tertiary/aromatic N) is 2. The molecule has 0 saturated heterocycles. The number of hydrogen-bond donors (Lipinski definition) is 1. The van der Waals surface area contributed by atoms with Gasteiger partial charge in [-0.3, -0.25) is 14.4 Å². The Morgan fingerprint density at radius 2 is 1.94 bits per heavy atom. The summed E-state index contributed by atoms with van der Waals surface area (Å²) in [6.07, 6.45) is 2.00. The number of methoxy groups -OCH3 is 1. The van der Waals surface area contributed by atoms with Crippen LogP contribution in [-0.2, 0) is 14.3 Å². The van der Waals surface area contributed by atoms with Crippen LogP contribution >= 0.6 is 0 Å². The molecule has 1 N–H and O–H groups in total. The Balaban J connectivity index is 1.94. The lowest BCUT2D eigenvalue weighted by Gasteiger charge is -2.36. The van der Waals surface area contributed by atoms with Crippen LogP contribution in [0.3, 0.4) is 0 Å². The molecule has 3 atom stereocenters. The molecule has 1 aliphatic heterocycles. The highest BCUT2D eigenvalue weighted by Crippen LogP contribution is 2.33. The van der Waals surface area contributed by atoms with Crippen LogP contribution in [0, 0.1) is 11.8 Å². The summed E-state index contributed by atoms with van der Waals surface area (Å²) in [5, 5.41) is 2.80. The maximum absolute atomic E-state index is 13.3. The zero-order chi connectivity index (χ0) is 23.4. The van der Waals surface area contributed by atoms with Crippen LogP contribution < -0.4 is 10.1 Å². The number of carbonyl (C=O) groups excluding carboxylic acids is 3. The second-order valence-corrected chi connectivity index (χ2v) is 8.97. The van der Waals surface area contributed by atoms with Crippen molar-refractivity contribution in [1.29, 1.82) is 0 Å². The van der Waals surface area contributed by atoms with Crippen molar-refractivity contribution in [3.63, 3.8) is 0 Å². The van der Waals surface area contributed by atoms with Crippen molar-refractivity contribution in [1.82, 2.24) is 9.80 Å². The molecule has 176 valence electrons. The van der Waals surface area contributed by atoms with Crippen molar-refractivity contribution in [2.45, 2.75) is 52.2 Å². The van der Waals surface area contributed by atoms with E-state index in [1.165, 1.54) is 0 Å². The molecular formula is C24H35N3O5. The molecule has 0 spiro atoms. The number of amides is 3. The number of fused-ring (bicyclic) bond motifs is 1. The van der Waals surface area contributed by atoms with Crippen molar-refractivity contribution in [3.8, 4) is 5.75 Å². The lowest BCUT2D eigenvalue weighted by Crippen LogP contribution is -2.49. The van der Waals surface area contributed by atoms with Crippen molar-refractivity contribution in [2.24, 2.45) is 11.8 Å². The highest BCUT2D eigenvalue weighted by molar-refractivity contribution is 5.99. The van der Waals surface area contributed by atoms with Crippen molar-refractivity contribution in [3.05, 3.63) is 23.8 Å². The number of likely N-dealkylation sites (N-methyl/N-ethyl adjacent to an activating group) is 1. The number of benzene rings is 1. The SMILES string of the molecule is CCC(=O)Nc1ccc2c(c1)C(=O)N(C)C[C@H](OC)[C@@H](C)CN(C(=O)C1CC1)[C@@H](C)CO2. The average molecular weight is 446 g/mol. The Morgan fingerprint density at radius 1 is 1.22 bits per heavy atom. The van der Waals surface area contributed by atoms with Crippen molar-refractivity contribution >= 4 is 23.4 Å². The second kappa shape index (κ2) is 10.3. The molecule has 0 radical (unpaired) electrons. The summed E-state index contributed by atoms with van der Waals surface area (Å²) in [5.74, 6) is 0.415. The van der Waals surface area contributed by atoms with Gasteiger partial charge in [0, 0.05) is 51.2 Å². The minimum atomic E-state index is -0.225. The normalized spacial score (nSPS) is 24.7. The molecule has 32 heavy (non-hydrogen) atoms. The smallest absolute Gasteiger partial charge is 0.257 e. The molecule has 2 aliphatic rings. The maximum atomic E-state index is 13.3. The Morgan fingerprint density at radius 3 is 2.56 bits per heavy atom. The molecule has 8 nitrogen and oxygen atoms in total. The Kier molecular flexibility index (Phi) is 7.77. The third kappa shape index (κ3) is 5.59. The van der Waals surface area contributed by atoms with E-state index in [1.54, 1.807) is 44.2 Å². The number of carbonyl (C=O) groups is 3. The molecule has 1 aliphatic carbocycles. The molecular weight excluding hydrogens is 410 g/mol. The summed E-state index contributed by atoms with van der Waals surface area (Å²) in [5.41, 5.74) is 0.917. The van der Waals surface area contributed by atoms with Gasteiger partial charge < -0.3 is 24.6 Å². The zero-order valence-corrected chi connectivity index (χ0v) is 19.7. The third-order valence-electron chi connectivity index (χ3n) is 6.26. The monoisotopic (exact) mass is 445 g/mol. The first-order chi connectivity index (χ1) is 15.2. The Labute approximate surface area is 190 Å². The van der Waals surface area contributed by atoms with Gasteiger partial charge in [0.05, 0.1) is 17.7 Å². The zero-order valence-electron chi connectivity index (χ0n) is 19.7. The highest BCUT2D eigenvalue weighted by Gasteiger charge is 2.37. The second-order valence-electron chi connectivity index (χ2n) is 8.97. The van der Waals surface area contributed by atoms with Crippen LogP contribution in [0.2, 0.25) is 0 Å². The summed E-state index contributed by atoms with van der Waals surface area (Å²) >= 11 is 0. The molecule has 1 saturated carbocycles. The Hall–Kier alpha value is -2.61. The molecule has 1 aromatic rings. The molecule has 0 aromatic heterocycles. The van der Waals surface area contributed by atoms with Crippen LogP contribution in [0.15, 0.2) is 18.2 Å². The lowest BCUT2D eigenvalue weighted by molar-refractivity contribution is -0.136. The van der Waals surface area contributed by atoms with E-state index in [2.05, 4.69) is 5.32 Å². The van der Waals surface area contributed by atoms with E-state index in [-0.39, 0.29) is 48.3 Å². The van der Waals surface area contributed by atoms with Gasteiger partial charge in [-0.1, -0.05) is 13.8 Å². The van der Waals surface area contributed by atoms with E-state index in [9.17, 15) is 14.4 Å². The lowest BCUT2D eigenvalue weighted by atomic mass is 10.0. The number of hydrogen-bond acceptors (Lipinski definition) is 5. The van der Waals surface area contributed by atoms with E-state index in [0.717, 1.165) is 12.8 Å². The van der Waals surface area contributed by atoms with Crippen molar-refractivity contribution < 1.29 is 23.9 Å². The van der Waals surface area contributed by atoms with Gasteiger partial charge in [0.15, 0.2) is 0 Å². The van der Waals surface area contributed by atoms with E-state index >= 15 is 0 Å². The molecule has 0 bridgehead atoms. The van der Waals surface area contributed by atoms with E-state index in [4.69, 9.17) is 9.47 Å². The first-order valence-electron chi connectivity index (χ1n) is 11.4. The Bertz CT molecular complexity index is 854. The standard InChI is InChI=1S/C24H35N3O5/c1-6-22(28)25-18-9-10-20-19(11-18)24(30)26(4)13-21(31-5)15(2)12-27(16(3)14-32-20)23(29)17-7-8-17/h9-11,15-17,21H,6-8,12-14H2,1-5H3,(H,25,28)/t15-,16-,21-/m0/s1. The highest BCUT2D eigenvalue weighted by atomic mass is 16.5. The molecule has 8 heteroatoms. The summed E-state index contributed by atoms with van der Waals surface area (Å²) in [7, 11) is 3.36. The van der Waals surface area contributed by atoms with Gasteiger partial charge in [-0.15, -0.1) is 0 Å². The molecule has 1 heterocycles. The molecule has 1 fully saturated rings. The third-order valence-corrected chi connectivity index (χ3v) is 6.26. The molecule has 0 unspecified atom stereocenters. The minimum Gasteiger partial charge on any atom is -0.491 e. The number of anilines is 1. The van der Waals surface area contributed by atoms with Crippen LogP contribution in [0.1, 0.15) is 50.4 Å². The van der Waals surface area contributed by atoms with E-state index in [1.807, 2.05) is 18.7 Å². The van der Waals surface area contributed by atoms with Crippen LogP contribution in [-0.4, -0.2) is 73.5 Å². The molecule has 3 amide bonds. The summed E-state index contributed by atoms with van der Waals surface area (Å²) in [4.78, 5) is 41.6. The quantitative estimate of drug-likeness (QED) is 0.770. The van der Waals surface area contributed by atoms with Gasteiger partial charge in [0.1, 0.15) is 12.4 Å². The van der Waals surface area contributed by atoms with Crippen LogP contribution in [0.4, 0.5) is 5.69 Å². The maximum Gasteiger partial charge on any atom is 0.257 e. The summed E-state index contributed by atoms with van der Waals surface area (Å²) in [6.45, 7) is 6.99. The van der Waals surface area contributed by atoms with Gasteiger partial charge in [-0.2, -0.15) is 0 Å². The first kappa shape index (κ1) is 24.0. The predicted octanol–water partition coefficient (Wildman–Crippen LogP) is 2.78. The fourth-order valence-electron chi connectivity index (χ4n) is 3.98. The van der Waals surface area contributed by atoms with Gasteiger partial charge in [0.25, 0.3) is 5.91 Å². The fraction of sp³-hybridized carbons (Fsp3) is 0.625. The fourth-order valence-corrected chi connectivity index (χ4v) is 3.98. The van der Waals surface area contributed by atoms with Gasteiger partial charge in [0.2, 0.25) is 11.8 Å². The van der Waals surface area contributed by atoms with Gasteiger partial charge >= 0.3 is 0 Å². The largest absolute Gasteiger partial charge is 0.491 e. The van der Waals surface area contributed by atoms with E-state index in [0.29, 0.717) is 36.5 Å². The van der Waals surface area contributed by atoms with Gasteiger partial charge in [-0.05, 0) is 38.0 Å². The summed E-state index contributed by atoms with van der Waals surface area (Å²) < 4.78 is 11.8. The van der Waals surface area contributed by atoms with Crippen LogP contribution in [0.25, 0.3) is 0 Å². The van der Waals surface area contributed by atoms with Crippen LogP contribution in [0.5, 0.6) is 5.75 Å². The van der Waals surface area contributed by atoms with Crippen molar-refractivity contribution in [2.75, 3.05) is 39.2 Å². The minimum absolute atomic E-state index is 0.0365. The molecule has 3 rings (SSSR count). The van der Waals surface area contributed by atoms with Gasteiger partial charge in [-0.25, -0.2) is 0 Å². The van der Waals surface area contributed by atoms with E-state index < -0.39 is 0 Å².